The highest BCUT2D eigenvalue weighted by Gasteiger charge is 2.08. The van der Waals surface area contributed by atoms with E-state index >= 15 is 0 Å². The first-order valence-corrected chi connectivity index (χ1v) is 7.12. The number of nitrogens with one attached hydrogen (secondary N) is 1. The van der Waals surface area contributed by atoms with Gasteiger partial charge in [-0.1, -0.05) is 19.4 Å². The van der Waals surface area contributed by atoms with Crippen molar-refractivity contribution in [3.05, 3.63) is 30.1 Å². The van der Waals surface area contributed by atoms with E-state index in [9.17, 15) is 4.79 Å². The fraction of sp³-hybridized carbons (Fsp3) is 0.600. The van der Waals surface area contributed by atoms with E-state index in [1.165, 1.54) is 0 Å². The zero-order chi connectivity index (χ0) is 13.9. The van der Waals surface area contributed by atoms with Crippen LogP contribution in [0.3, 0.4) is 0 Å². The largest absolute Gasteiger partial charge is 0.356 e. The van der Waals surface area contributed by atoms with E-state index in [4.69, 9.17) is 5.73 Å². The maximum absolute atomic E-state index is 11.7. The van der Waals surface area contributed by atoms with Crippen LogP contribution in [0.4, 0.5) is 0 Å². The summed E-state index contributed by atoms with van der Waals surface area (Å²) in [4.78, 5) is 15.7. The molecule has 0 saturated carbocycles. The lowest BCUT2D eigenvalue weighted by Gasteiger charge is -2.13. The molecule has 0 aliphatic heterocycles. The van der Waals surface area contributed by atoms with E-state index in [0.29, 0.717) is 25.4 Å². The SMILES string of the molecule is CCC(CCN)CCC(=O)NCCc1cccnc1. The highest BCUT2D eigenvalue weighted by Crippen LogP contribution is 2.14. The summed E-state index contributed by atoms with van der Waals surface area (Å²) in [6, 6.07) is 3.93. The molecular formula is C15H25N3O. The third-order valence-electron chi connectivity index (χ3n) is 3.39. The average molecular weight is 263 g/mol. The normalized spacial score (nSPS) is 12.1. The van der Waals surface area contributed by atoms with Crippen LogP contribution < -0.4 is 11.1 Å². The Hall–Kier alpha value is -1.42. The van der Waals surface area contributed by atoms with Crippen LogP contribution in [-0.4, -0.2) is 24.0 Å². The summed E-state index contributed by atoms with van der Waals surface area (Å²) in [6.07, 6.45) is 8.07. The summed E-state index contributed by atoms with van der Waals surface area (Å²) in [5, 5.41) is 2.95. The van der Waals surface area contributed by atoms with Gasteiger partial charge in [0.1, 0.15) is 0 Å². The Kier molecular flexibility index (Phi) is 7.82. The molecule has 106 valence electrons. The van der Waals surface area contributed by atoms with Crippen molar-refractivity contribution < 1.29 is 4.79 Å². The van der Waals surface area contributed by atoms with E-state index < -0.39 is 0 Å². The fourth-order valence-electron chi connectivity index (χ4n) is 2.10. The van der Waals surface area contributed by atoms with Crippen molar-refractivity contribution >= 4 is 5.91 Å². The molecule has 1 amide bonds. The highest BCUT2D eigenvalue weighted by atomic mass is 16.1. The van der Waals surface area contributed by atoms with Crippen molar-refractivity contribution in [3.8, 4) is 0 Å². The molecule has 0 fully saturated rings. The lowest BCUT2D eigenvalue weighted by Crippen LogP contribution is -2.26. The van der Waals surface area contributed by atoms with Crippen LogP contribution >= 0.6 is 0 Å². The Morgan fingerprint density at radius 2 is 2.32 bits per heavy atom. The number of carbonyl (C=O) groups excluding carboxylic acids is 1. The summed E-state index contributed by atoms with van der Waals surface area (Å²) >= 11 is 0. The van der Waals surface area contributed by atoms with E-state index in [0.717, 1.165) is 31.2 Å². The van der Waals surface area contributed by atoms with Gasteiger partial charge in [-0.15, -0.1) is 0 Å². The van der Waals surface area contributed by atoms with Crippen LogP contribution in [0.2, 0.25) is 0 Å². The molecule has 1 rings (SSSR count). The monoisotopic (exact) mass is 263 g/mol. The van der Waals surface area contributed by atoms with E-state index in [1.54, 1.807) is 6.20 Å². The molecule has 19 heavy (non-hydrogen) atoms. The summed E-state index contributed by atoms with van der Waals surface area (Å²) in [7, 11) is 0. The second-order valence-electron chi connectivity index (χ2n) is 4.85. The minimum absolute atomic E-state index is 0.138. The lowest BCUT2D eigenvalue weighted by atomic mass is 9.96. The van der Waals surface area contributed by atoms with Crippen molar-refractivity contribution in [3.63, 3.8) is 0 Å². The van der Waals surface area contributed by atoms with Crippen molar-refractivity contribution in [1.29, 1.82) is 0 Å². The molecule has 0 aromatic carbocycles. The Bertz CT molecular complexity index is 354. The first-order valence-electron chi connectivity index (χ1n) is 7.12. The van der Waals surface area contributed by atoms with Crippen LogP contribution in [0, 0.1) is 5.92 Å². The van der Waals surface area contributed by atoms with Gasteiger partial charge in [0, 0.05) is 25.4 Å². The molecule has 0 radical (unpaired) electrons. The predicted octanol–water partition coefficient (Wildman–Crippen LogP) is 1.90. The smallest absolute Gasteiger partial charge is 0.220 e. The van der Waals surface area contributed by atoms with Crippen molar-refractivity contribution in [1.82, 2.24) is 10.3 Å². The van der Waals surface area contributed by atoms with Gasteiger partial charge in [0.25, 0.3) is 0 Å². The Labute approximate surface area is 115 Å². The summed E-state index contributed by atoms with van der Waals surface area (Å²) < 4.78 is 0. The second kappa shape index (κ2) is 9.50. The van der Waals surface area contributed by atoms with Gasteiger partial charge in [-0.2, -0.15) is 0 Å². The minimum Gasteiger partial charge on any atom is -0.356 e. The molecule has 4 nitrogen and oxygen atoms in total. The molecule has 1 atom stereocenters. The summed E-state index contributed by atoms with van der Waals surface area (Å²) in [5.74, 6) is 0.716. The number of pyridine rings is 1. The van der Waals surface area contributed by atoms with Crippen molar-refractivity contribution in [2.45, 2.75) is 39.0 Å². The van der Waals surface area contributed by atoms with E-state index in [1.807, 2.05) is 18.3 Å². The molecule has 0 bridgehead atoms. The minimum atomic E-state index is 0.138. The Morgan fingerprint density at radius 1 is 1.47 bits per heavy atom. The fourth-order valence-corrected chi connectivity index (χ4v) is 2.10. The van der Waals surface area contributed by atoms with Crippen LogP contribution in [0.5, 0.6) is 0 Å². The van der Waals surface area contributed by atoms with Gasteiger partial charge in [-0.25, -0.2) is 0 Å². The average Bonchev–Trinajstić information content (AvgIpc) is 2.44. The summed E-state index contributed by atoms with van der Waals surface area (Å²) in [6.45, 7) is 3.54. The topological polar surface area (TPSA) is 68.0 Å². The first kappa shape index (κ1) is 15.6. The molecule has 1 aromatic heterocycles. The van der Waals surface area contributed by atoms with Gasteiger partial charge < -0.3 is 11.1 Å². The number of carbonyl (C=O) groups is 1. The lowest BCUT2D eigenvalue weighted by molar-refractivity contribution is -0.121. The number of hydrogen-bond acceptors (Lipinski definition) is 3. The van der Waals surface area contributed by atoms with Gasteiger partial charge in [-0.3, -0.25) is 9.78 Å². The molecule has 1 heterocycles. The molecule has 1 aromatic rings. The van der Waals surface area contributed by atoms with Gasteiger partial charge in [-0.05, 0) is 43.4 Å². The third-order valence-corrected chi connectivity index (χ3v) is 3.39. The maximum Gasteiger partial charge on any atom is 0.220 e. The standard InChI is InChI=1S/C15H25N3O/c1-2-13(7-9-16)5-6-15(19)18-11-8-14-4-3-10-17-12-14/h3-4,10,12-13H,2,5-9,11,16H2,1H3,(H,18,19). The summed E-state index contributed by atoms with van der Waals surface area (Å²) in [5.41, 5.74) is 6.70. The van der Waals surface area contributed by atoms with Gasteiger partial charge in [0.15, 0.2) is 0 Å². The number of aromatic nitrogens is 1. The highest BCUT2D eigenvalue weighted by molar-refractivity contribution is 5.75. The zero-order valence-corrected chi connectivity index (χ0v) is 11.8. The van der Waals surface area contributed by atoms with E-state index in [2.05, 4.69) is 17.2 Å². The molecule has 0 saturated heterocycles. The van der Waals surface area contributed by atoms with Crippen LogP contribution in [0.25, 0.3) is 0 Å². The second-order valence-corrected chi connectivity index (χ2v) is 4.85. The molecule has 0 spiro atoms. The van der Waals surface area contributed by atoms with Crippen molar-refractivity contribution in [2.24, 2.45) is 11.7 Å². The third kappa shape index (κ3) is 6.91. The molecule has 4 heteroatoms. The number of amides is 1. The number of nitrogens with zero attached hydrogens (tertiary/aromatic N) is 1. The molecule has 1 unspecified atom stereocenters. The van der Waals surface area contributed by atoms with Gasteiger partial charge in [0.05, 0.1) is 0 Å². The molecular weight excluding hydrogens is 238 g/mol. The zero-order valence-electron chi connectivity index (χ0n) is 11.8. The van der Waals surface area contributed by atoms with Gasteiger partial charge in [0.2, 0.25) is 5.91 Å². The first-order chi connectivity index (χ1) is 9.26. The van der Waals surface area contributed by atoms with Crippen LogP contribution in [0.1, 0.15) is 38.2 Å². The molecule has 0 aliphatic rings. The quantitative estimate of drug-likeness (QED) is 0.715. The van der Waals surface area contributed by atoms with E-state index in [-0.39, 0.29) is 5.91 Å². The van der Waals surface area contributed by atoms with Crippen LogP contribution in [0.15, 0.2) is 24.5 Å². The maximum atomic E-state index is 11.7. The molecule has 3 N–H and O–H groups in total. The Morgan fingerprint density at radius 3 is 2.95 bits per heavy atom. The molecule has 0 aliphatic carbocycles. The van der Waals surface area contributed by atoms with Crippen LogP contribution in [-0.2, 0) is 11.2 Å². The van der Waals surface area contributed by atoms with Crippen molar-refractivity contribution in [2.75, 3.05) is 13.1 Å². The number of hydrogen-bond donors (Lipinski definition) is 2. The van der Waals surface area contributed by atoms with Gasteiger partial charge >= 0.3 is 0 Å². The predicted molar refractivity (Wildman–Crippen MR) is 77.6 cm³/mol. The number of nitrogens with two attached hydrogens (primary N) is 1. The number of rotatable bonds is 9. The Balaban J connectivity index is 2.14.